The minimum Gasteiger partial charge on any atom is -0.456 e. The van der Waals surface area contributed by atoms with Crippen molar-refractivity contribution in [2.75, 3.05) is 13.2 Å². The van der Waals surface area contributed by atoms with E-state index in [1.165, 1.54) is 0 Å². The predicted octanol–water partition coefficient (Wildman–Crippen LogP) is 2.13. The topological polar surface area (TPSA) is 75.4 Å². The van der Waals surface area contributed by atoms with E-state index in [-0.39, 0.29) is 18.4 Å². The maximum Gasteiger partial charge on any atom is 0.287 e. The fraction of sp³-hybridized carbons (Fsp3) is 0.412. The molecule has 118 valence electrons. The summed E-state index contributed by atoms with van der Waals surface area (Å²) in [7, 11) is 0. The largest absolute Gasteiger partial charge is 0.456 e. The van der Waals surface area contributed by atoms with Crippen LogP contribution in [0.2, 0.25) is 0 Å². The van der Waals surface area contributed by atoms with E-state index < -0.39 is 0 Å². The molecule has 22 heavy (non-hydrogen) atoms. The van der Waals surface area contributed by atoms with Crippen molar-refractivity contribution in [3.8, 4) is 0 Å². The Bertz CT molecular complexity index is 608. The molecule has 0 saturated carbocycles. The van der Waals surface area contributed by atoms with E-state index in [4.69, 9.17) is 4.42 Å². The van der Waals surface area contributed by atoms with Crippen molar-refractivity contribution >= 4 is 5.91 Å². The maximum atomic E-state index is 12.1. The number of carbonyl (C=O) groups excluding carboxylic acids is 1. The highest BCUT2D eigenvalue weighted by molar-refractivity contribution is 5.91. The van der Waals surface area contributed by atoms with E-state index in [0.717, 1.165) is 23.4 Å². The lowest BCUT2D eigenvalue weighted by molar-refractivity contribution is 0.0910. The number of rotatable bonds is 7. The Morgan fingerprint density at radius 1 is 1.45 bits per heavy atom. The summed E-state index contributed by atoms with van der Waals surface area (Å²) in [6, 6.07) is 7.42. The number of carbonyl (C=O) groups is 1. The average Bonchev–Trinajstić information content (AvgIpc) is 2.93. The van der Waals surface area contributed by atoms with Gasteiger partial charge in [-0.05, 0) is 37.1 Å². The Hall–Kier alpha value is -2.14. The highest BCUT2D eigenvalue weighted by atomic mass is 16.4. The molecule has 0 aromatic carbocycles. The minimum atomic E-state index is -0.248. The van der Waals surface area contributed by atoms with Gasteiger partial charge in [-0.1, -0.05) is 13.0 Å². The first-order valence-corrected chi connectivity index (χ1v) is 7.52. The summed E-state index contributed by atoms with van der Waals surface area (Å²) in [6.45, 7) is 4.29. The zero-order valence-corrected chi connectivity index (χ0v) is 13.0. The minimum absolute atomic E-state index is 0.00571. The average molecular weight is 302 g/mol. The monoisotopic (exact) mass is 302 g/mol. The van der Waals surface area contributed by atoms with Crippen LogP contribution in [0.15, 0.2) is 34.9 Å². The summed E-state index contributed by atoms with van der Waals surface area (Å²) >= 11 is 0. The van der Waals surface area contributed by atoms with E-state index in [2.05, 4.69) is 10.3 Å². The van der Waals surface area contributed by atoms with Gasteiger partial charge in [0.25, 0.3) is 5.91 Å². The zero-order chi connectivity index (χ0) is 15.9. The maximum absolute atomic E-state index is 12.1. The molecule has 1 unspecified atom stereocenters. The molecule has 0 aliphatic heterocycles. The highest BCUT2D eigenvalue weighted by Gasteiger charge is 2.16. The smallest absolute Gasteiger partial charge is 0.287 e. The molecular formula is C17H22N2O3. The first kappa shape index (κ1) is 16.2. The van der Waals surface area contributed by atoms with Crippen molar-refractivity contribution in [3.05, 3.63) is 53.2 Å². The summed E-state index contributed by atoms with van der Waals surface area (Å²) in [4.78, 5) is 16.3. The molecule has 2 aromatic heterocycles. The number of aliphatic hydroxyl groups is 1. The van der Waals surface area contributed by atoms with Gasteiger partial charge >= 0.3 is 0 Å². The molecule has 2 aromatic rings. The fourth-order valence-corrected chi connectivity index (χ4v) is 2.32. The van der Waals surface area contributed by atoms with E-state index in [0.29, 0.717) is 18.7 Å². The SMILES string of the molecule is CCc1oc(C(=O)NCC(CO)Cc2ccccn2)cc1C. The summed E-state index contributed by atoms with van der Waals surface area (Å²) < 4.78 is 5.52. The molecule has 0 radical (unpaired) electrons. The highest BCUT2D eigenvalue weighted by Crippen LogP contribution is 2.15. The molecule has 0 bridgehead atoms. The second-order valence-electron chi connectivity index (χ2n) is 5.35. The second-order valence-corrected chi connectivity index (χ2v) is 5.35. The van der Waals surface area contributed by atoms with Crippen LogP contribution < -0.4 is 5.32 Å². The number of amides is 1. The van der Waals surface area contributed by atoms with Crippen LogP contribution in [0.3, 0.4) is 0 Å². The number of aryl methyl sites for hydroxylation is 2. The third-order valence-corrected chi connectivity index (χ3v) is 3.60. The number of nitrogens with one attached hydrogen (secondary N) is 1. The molecule has 1 atom stereocenters. The quantitative estimate of drug-likeness (QED) is 0.821. The lowest BCUT2D eigenvalue weighted by Gasteiger charge is -2.14. The molecule has 2 N–H and O–H groups in total. The van der Waals surface area contributed by atoms with Gasteiger partial charge in [-0.2, -0.15) is 0 Å². The van der Waals surface area contributed by atoms with Crippen LogP contribution in [0.4, 0.5) is 0 Å². The van der Waals surface area contributed by atoms with Gasteiger partial charge in [-0.25, -0.2) is 0 Å². The molecule has 0 spiro atoms. The standard InChI is InChI=1S/C17H22N2O3/c1-3-15-12(2)8-16(22-15)17(21)19-10-13(11-20)9-14-6-4-5-7-18-14/h4-8,13,20H,3,9-11H2,1-2H3,(H,19,21). The van der Waals surface area contributed by atoms with E-state index in [9.17, 15) is 9.90 Å². The number of hydrogen-bond acceptors (Lipinski definition) is 4. The third-order valence-electron chi connectivity index (χ3n) is 3.60. The first-order valence-electron chi connectivity index (χ1n) is 7.52. The summed E-state index contributed by atoms with van der Waals surface area (Å²) in [5, 5.41) is 12.3. The van der Waals surface area contributed by atoms with E-state index >= 15 is 0 Å². The number of pyridine rings is 1. The second kappa shape index (κ2) is 7.75. The van der Waals surface area contributed by atoms with Crippen molar-refractivity contribution < 1.29 is 14.3 Å². The Morgan fingerprint density at radius 3 is 2.86 bits per heavy atom. The lowest BCUT2D eigenvalue weighted by Crippen LogP contribution is -2.31. The summed E-state index contributed by atoms with van der Waals surface area (Å²) in [6.07, 6.45) is 3.10. The van der Waals surface area contributed by atoms with Crippen molar-refractivity contribution in [2.24, 2.45) is 5.92 Å². The van der Waals surface area contributed by atoms with Crippen molar-refractivity contribution in [1.82, 2.24) is 10.3 Å². The number of nitrogens with zero attached hydrogens (tertiary/aromatic N) is 1. The number of hydrogen-bond donors (Lipinski definition) is 2. The molecule has 1 amide bonds. The van der Waals surface area contributed by atoms with Gasteiger partial charge in [-0.3, -0.25) is 9.78 Å². The van der Waals surface area contributed by atoms with Gasteiger partial charge < -0.3 is 14.8 Å². The molecule has 2 heterocycles. The normalized spacial score (nSPS) is 12.1. The van der Waals surface area contributed by atoms with Crippen molar-refractivity contribution in [3.63, 3.8) is 0 Å². The molecule has 0 fully saturated rings. The van der Waals surface area contributed by atoms with Crippen LogP contribution in [0.25, 0.3) is 0 Å². The molecule has 0 aliphatic carbocycles. The van der Waals surface area contributed by atoms with Crippen molar-refractivity contribution in [1.29, 1.82) is 0 Å². The van der Waals surface area contributed by atoms with Gasteiger partial charge in [0.2, 0.25) is 0 Å². The molecule has 5 nitrogen and oxygen atoms in total. The predicted molar refractivity (Wildman–Crippen MR) is 83.7 cm³/mol. The van der Waals surface area contributed by atoms with E-state index in [1.807, 2.05) is 32.0 Å². The molecular weight excluding hydrogens is 280 g/mol. The van der Waals surface area contributed by atoms with Gasteiger partial charge in [0.05, 0.1) is 0 Å². The van der Waals surface area contributed by atoms with Crippen LogP contribution >= 0.6 is 0 Å². The Labute approximate surface area is 130 Å². The van der Waals surface area contributed by atoms with Crippen molar-refractivity contribution in [2.45, 2.75) is 26.7 Å². The van der Waals surface area contributed by atoms with Gasteiger partial charge in [0.1, 0.15) is 5.76 Å². The van der Waals surface area contributed by atoms with Gasteiger partial charge in [0, 0.05) is 37.4 Å². The number of aromatic nitrogens is 1. The van der Waals surface area contributed by atoms with Crippen LogP contribution in [0.5, 0.6) is 0 Å². The van der Waals surface area contributed by atoms with Crippen LogP contribution in [0, 0.1) is 12.8 Å². The number of aliphatic hydroxyl groups excluding tert-OH is 1. The number of furan rings is 1. The fourth-order valence-electron chi connectivity index (χ4n) is 2.32. The summed E-state index contributed by atoms with van der Waals surface area (Å²) in [5.74, 6) is 0.837. The Morgan fingerprint density at radius 2 is 2.27 bits per heavy atom. The van der Waals surface area contributed by atoms with Crippen LogP contribution in [-0.2, 0) is 12.8 Å². The molecule has 0 aliphatic rings. The van der Waals surface area contributed by atoms with Crippen LogP contribution in [0.1, 0.15) is 34.5 Å². The molecule has 2 rings (SSSR count). The first-order chi connectivity index (χ1) is 10.6. The third kappa shape index (κ3) is 4.18. The van der Waals surface area contributed by atoms with Crippen LogP contribution in [-0.4, -0.2) is 29.1 Å². The zero-order valence-electron chi connectivity index (χ0n) is 13.0. The molecule has 0 saturated heterocycles. The molecule has 5 heteroatoms. The Kier molecular flexibility index (Phi) is 5.72. The van der Waals surface area contributed by atoms with Gasteiger partial charge in [-0.15, -0.1) is 0 Å². The Balaban J connectivity index is 1.90. The summed E-state index contributed by atoms with van der Waals surface area (Å²) in [5.41, 5.74) is 1.89. The van der Waals surface area contributed by atoms with Gasteiger partial charge in [0.15, 0.2) is 5.76 Å². The van der Waals surface area contributed by atoms with E-state index in [1.54, 1.807) is 12.3 Å². The lowest BCUT2D eigenvalue weighted by atomic mass is 10.0.